The van der Waals surface area contributed by atoms with Crippen molar-refractivity contribution >= 4 is 0 Å². The fraction of sp³-hybridized carbons (Fsp3) is 1.00. The standard InChI is InChI=1S/C12H22FNO/c1-8-6-9-4-5-10(11(8)13)14(9)7-12(2,3)15/h8-11,15H,4-7H2,1-3H3/t8-,9-,10+,11-/m1/s1. The Morgan fingerprint density at radius 3 is 2.67 bits per heavy atom. The van der Waals surface area contributed by atoms with Crippen molar-refractivity contribution in [1.82, 2.24) is 4.90 Å². The highest BCUT2D eigenvalue weighted by Gasteiger charge is 2.46. The molecule has 2 rings (SSSR count). The van der Waals surface area contributed by atoms with Gasteiger partial charge in [0, 0.05) is 18.6 Å². The van der Waals surface area contributed by atoms with Crippen LogP contribution in [-0.2, 0) is 0 Å². The van der Waals surface area contributed by atoms with Crippen LogP contribution in [0.1, 0.15) is 40.0 Å². The third-order valence-electron chi connectivity index (χ3n) is 3.82. The van der Waals surface area contributed by atoms with Crippen LogP contribution in [0, 0.1) is 5.92 Å². The van der Waals surface area contributed by atoms with Gasteiger partial charge in [-0.3, -0.25) is 4.90 Å². The van der Waals surface area contributed by atoms with Gasteiger partial charge in [0.1, 0.15) is 6.17 Å². The molecule has 0 saturated carbocycles. The molecule has 2 heterocycles. The van der Waals surface area contributed by atoms with E-state index >= 15 is 0 Å². The van der Waals surface area contributed by atoms with E-state index in [1.807, 2.05) is 6.92 Å². The minimum atomic E-state index is -0.707. The minimum Gasteiger partial charge on any atom is -0.389 e. The molecule has 0 amide bonds. The van der Waals surface area contributed by atoms with Gasteiger partial charge in [-0.2, -0.15) is 0 Å². The number of rotatable bonds is 2. The van der Waals surface area contributed by atoms with Crippen molar-refractivity contribution in [2.45, 2.75) is 63.9 Å². The molecule has 2 fully saturated rings. The molecule has 2 aliphatic heterocycles. The third kappa shape index (κ3) is 2.18. The number of hydrogen-bond donors (Lipinski definition) is 1. The molecule has 0 aliphatic carbocycles. The van der Waals surface area contributed by atoms with Gasteiger partial charge >= 0.3 is 0 Å². The minimum absolute atomic E-state index is 0.0603. The van der Waals surface area contributed by atoms with Crippen LogP contribution in [0.2, 0.25) is 0 Å². The first-order chi connectivity index (χ1) is 6.88. The fourth-order valence-electron chi connectivity index (χ4n) is 3.19. The van der Waals surface area contributed by atoms with Gasteiger partial charge in [0.05, 0.1) is 5.60 Å². The Morgan fingerprint density at radius 2 is 2.07 bits per heavy atom. The molecular weight excluding hydrogens is 193 g/mol. The molecule has 4 atom stereocenters. The van der Waals surface area contributed by atoms with Gasteiger partial charge < -0.3 is 5.11 Å². The van der Waals surface area contributed by atoms with Gasteiger partial charge in [-0.25, -0.2) is 4.39 Å². The summed E-state index contributed by atoms with van der Waals surface area (Å²) < 4.78 is 14.0. The number of halogens is 1. The molecule has 2 bridgehead atoms. The molecule has 0 aromatic carbocycles. The maximum absolute atomic E-state index is 14.0. The number of hydrogen-bond acceptors (Lipinski definition) is 2. The van der Waals surface area contributed by atoms with E-state index in [0.29, 0.717) is 12.6 Å². The number of aliphatic hydroxyl groups is 1. The van der Waals surface area contributed by atoms with Crippen molar-refractivity contribution in [2.75, 3.05) is 6.54 Å². The summed E-state index contributed by atoms with van der Waals surface area (Å²) in [4.78, 5) is 2.20. The normalized spacial score (nSPS) is 42.2. The lowest BCUT2D eigenvalue weighted by Crippen LogP contribution is -2.53. The van der Waals surface area contributed by atoms with Gasteiger partial charge in [0.2, 0.25) is 0 Å². The largest absolute Gasteiger partial charge is 0.389 e. The van der Waals surface area contributed by atoms with E-state index in [-0.39, 0.29) is 12.0 Å². The molecule has 1 N–H and O–H groups in total. The Balaban J connectivity index is 2.08. The molecular formula is C12H22FNO. The molecule has 0 radical (unpaired) electrons. The van der Waals surface area contributed by atoms with Crippen LogP contribution in [0.25, 0.3) is 0 Å². The van der Waals surface area contributed by atoms with Crippen LogP contribution in [0.4, 0.5) is 4.39 Å². The topological polar surface area (TPSA) is 23.5 Å². The molecule has 2 nitrogen and oxygen atoms in total. The molecule has 88 valence electrons. The van der Waals surface area contributed by atoms with Crippen molar-refractivity contribution in [3.8, 4) is 0 Å². The van der Waals surface area contributed by atoms with E-state index in [1.54, 1.807) is 13.8 Å². The van der Waals surface area contributed by atoms with Crippen LogP contribution in [0.5, 0.6) is 0 Å². The van der Waals surface area contributed by atoms with E-state index in [1.165, 1.54) is 0 Å². The summed E-state index contributed by atoms with van der Waals surface area (Å²) in [5.41, 5.74) is -0.707. The van der Waals surface area contributed by atoms with Crippen LogP contribution in [0.15, 0.2) is 0 Å². The van der Waals surface area contributed by atoms with Crippen LogP contribution in [-0.4, -0.2) is 40.4 Å². The average molecular weight is 215 g/mol. The Labute approximate surface area is 91.5 Å². The number of fused-ring (bicyclic) bond motifs is 2. The van der Waals surface area contributed by atoms with Gasteiger partial charge in [-0.1, -0.05) is 6.92 Å². The second-order valence-electron chi connectivity index (χ2n) is 5.94. The summed E-state index contributed by atoms with van der Waals surface area (Å²) in [7, 11) is 0. The monoisotopic (exact) mass is 215 g/mol. The first-order valence-electron chi connectivity index (χ1n) is 6.01. The lowest BCUT2D eigenvalue weighted by molar-refractivity contribution is -0.0306. The van der Waals surface area contributed by atoms with E-state index in [2.05, 4.69) is 4.90 Å². The first kappa shape index (κ1) is 11.3. The number of nitrogens with zero attached hydrogens (tertiary/aromatic N) is 1. The Bertz CT molecular complexity index is 238. The van der Waals surface area contributed by atoms with Gasteiger partial charge in [-0.05, 0) is 39.0 Å². The molecule has 0 spiro atoms. The predicted molar refractivity (Wildman–Crippen MR) is 58.5 cm³/mol. The van der Waals surface area contributed by atoms with Gasteiger partial charge in [0.25, 0.3) is 0 Å². The SMILES string of the molecule is C[C@@H]1C[C@H]2CC[C@@H]([C@@H]1F)N2CC(C)(C)O. The lowest BCUT2D eigenvalue weighted by atomic mass is 9.89. The molecule has 2 aliphatic rings. The van der Waals surface area contributed by atoms with Crippen molar-refractivity contribution in [3.63, 3.8) is 0 Å². The third-order valence-corrected chi connectivity index (χ3v) is 3.82. The number of piperidine rings is 1. The summed E-state index contributed by atoms with van der Waals surface area (Å²) in [6, 6.07) is 0.564. The zero-order valence-corrected chi connectivity index (χ0v) is 9.91. The molecule has 0 unspecified atom stereocenters. The second kappa shape index (κ2) is 3.70. The summed E-state index contributed by atoms with van der Waals surface area (Å²) >= 11 is 0. The molecule has 0 aromatic rings. The van der Waals surface area contributed by atoms with E-state index in [9.17, 15) is 9.50 Å². The second-order valence-corrected chi connectivity index (χ2v) is 5.94. The Hall–Kier alpha value is -0.150. The highest BCUT2D eigenvalue weighted by molar-refractivity contribution is 5.00. The maximum atomic E-state index is 14.0. The summed E-state index contributed by atoms with van der Waals surface area (Å²) in [5, 5.41) is 9.82. The quantitative estimate of drug-likeness (QED) is 0.761. The fourth-order valence-corrected chi connectivity index (χ4v) is 3.19. The maximum Gasteiger partial charge on any atom is 0.118 e. The summed E-state index contributed by atoms with van der Waals surface area (Å²) in [6.45, 7) is 6.22. The zero-order chi connectivity index (χ0) is 11.2. The molecule has 2 saturated heterocycles. The van der Waals surface area contributed by atoms with Gasteiger partial charge in [0.15, 0.2) is 0 Å². The first-order valence-corrected chi connectivity index (χ1v) is 6.01. The van der Waals surface area contributed by atoms with Crippen molar-refractivity contribution in [2.24, 2.45) is 5.92 Å². The van der Waals surface area contributed by atoms with E-state index < -0.39 is 11.8 Å². The average Bonchev–Trinajstić information content (AvgIpc) is 2.37. The van der Waals surface area contributed by atoms with E-state index in [4.69, 9.17) is 0 Å². The molecule has 15 heavy (non-hydrogen) atoms. The lowest BCUT2D eigenvalue weighted by Gasteiger charge is -2.42. The Kier molecular flexibility index (Phi) is 2.80. The zero-order valence-electron chi connectivity index (χ0n) is 9.91. The highest BCUT2D eigenvalue weighted by Crippen LogP contribution is 2.40. The van der Waals surface area contributed by atoms with Crippen LogP contribution >= 0.6 is 0 Å². The highest BCUT2D eigenvalue weighted by atomic mass is 19.1. The summed E-state index contributed by atoms with van der Waals surface area (Å²) in [6.07, 6.45) is 2.32. The van der Waals surface area contributed by atoms with Crippen molar-refractivity contribution < 1.29 is 9.50 Å². The van der Waals surface area contributed by atoms with Crippen LogP contribution in [0.3, 0.4) is 0 Å². The van der Waals surface area contributed by atoms with Crippen molar-refractivity contribution in [1.29, 1.82) is 0 Å². The van der Waals surface area contributed by atoms with E-state index in [0.717, 1.165) is 19.3 Å². The van der Waals surface area contributed by atoms with Crippen molar-refractivity contribution in [3.05, 3.63) is 0 Å². The smallest absolute Gasteiger partial charge is 0.118 e. The van der Waals surface area contributed by atoms with Gasteiger partial charge in [-0.15, -0.1) is 0 Å². The van der Waals surface area contributed by atoms with Crippen LogP contribution < -0.4 is 0 Å². The summed E-state index contributed by atoms with van der Waals surface area (Å²) in [5.74, 6) is 0.195. The predicted octanol–water partition coefficient (Wildman–Crippen LogP) is 1.97. The molecule has 3 heteroatoms. The Morgan fingerprint density at radius 1 is 1.40 bits per heavy atom. The molecule has 0 aromatic heterocycles. The number of alkyl halides is 1.